The Morgan fingerprint density at radius 2 is 1.69 bits per heavy atom. The zero-order valence-electron chi connectivity index (χ0n) is 15.9. The Morgan fingerprint density at radius 1 is 1.00 bits per heavy atom. The van der Waals surface area contributed by atoms with Crippen LogP contribution in [0.25, 0.3) is 0 Å². The summed E-state index contributed by atoms with van der Waals surface area (Å²) in [5.41, 5.74) is 2.95. The molecule has 2 saturated carbocycles. The van der Waals surface area contributed by atoms with Crippen molar-refractivity contribution in [1.82, 2.24) is 0 Å². The summed E-state index contributed by atoms with van der Waals surface area (Å²) in [5, 5.41) is 0. The maximum Gasteiger partial charge on any atom is 0.125 e. The highest BCUT2D eigenvalue weighted by Gasteiger charge is 2.51. The molecule has 1 nitrogen and oxygen atoms in total. The summed E-state index contributed by atoms with van der Waals surface area (Å²) in [4.78, 5) is 12.0. The number of aryl methyl sites for hydroxylation is 1. The average Bonchev–Trinajstić information content (AvgIpc) is 2.69. The van der Waals surface area contributed by atoms with Crippen LogP contribution in [0.3, 0.4) is 0 Å². The summed E-state index contributed by atoms with van der Waals surface area (Å²) in [7, 11) is 0. The van der Waals surface area contributed by atoms with Crippen LogP contribution in [0.4, 0.5) is 0 Å². The van der Waals surface area contributed by atoms with E-state index in [-0.39, 0.29) is 10.8 Å². The number of rotatable bonds is 5. The highest BCUT2D eigenvalue weighted by molar-refractivity contribution is 5.60. The monoisotopic (exact) mass is 346 g/mol. The van der Waals surface area contributed by atoms with Gasteiger partial charge in [-0.2, -0.15) is 0 Å². The van der Waals surface area contributed by atoms with E-state index in [1.807, 2.05) is 0 Å². The first-order valence-corrected chi connectivity index (χ1v) is 10.2. The van der Waals surface area contributed by atoms with Crippen LogP contribution in [0.5, 0.6) is 0 Å². The first-order valence-electron chi connectivity index (χ1n) is 10.2. The zero-order valence-corrected chi connectivity index (χ0v) is 15.9. The van der Waals surface area contributed by atoms with Gasteiger partial charge in [0, 0.05) is 5.41 Å². The number of hydrogen-bond donors (Lipinski definition) is 0. The van der Waals surface area contributed by atoms with Gasteiger partial charge in [0.15, 0.2) is 0 Å². The third kappa shape index (κ3) is 3.37. The summed E-state index contributed by atoms with van der Waals surface area (Å²) in [6, 6.07) is 21.9. The fourth-order valence-electron chi connectivity index (χ4n) is 5.93. The van der Waals surface area contributed by atoms with E-state index in [0.717, 1.165) is 25.2 Å². The molecule has 4 unspecified atom stereocenters. The lowest BCUT2D eigenvalue weighted by Gasteiger charge is -2.54. The second kappa shape index (κ2) is 7.02. The third-order valence-corrected chi connectivity index (χ3v) is 7.10. The minimum absolute atomic E-state index is 0.163. The van der Waals surface area contributed by atoms with Gasteiger partial charge in [0.25, 0.3) is 0 Å². The van der Waals surface area contributed by atoms with Crippen LogP contribution in [0.15, 0.2) is 60.7 Å². The quantitative estimate of drug-likeness (QED) is 0.609. The molecule has 0 radical (unpaired) electrons. The molecule has 4 atom stereocenters. The number of hydrogen-bond acceptors (Lipinski definition) is 1. The lowest BCUT2D eigenvalue weighted by atomic mass is 9.50. The van der Waals surface area contributed by atoms with Crippen molar-refractivity contribution in [3.8, 4) is 0 Å². The fraction of sp³-hybridized carbons (Fsp3) is 0.480. The fourth-order valence-corrected chi connectivity index (χ4v) is 5.93. The lowest BCUT2D eigenvalue weighted by Crippen LogP contribution is -2.48. The van der Waals surface area contributed by atoms with E-state index in [1.54, 1.807) is 0 Å². The molecule has 2 aliphatic carbocycles. The van der Waals surface area contributed by atoms with Crippen molar-refractivity contribution in [2.45, 2.75) is 57.3 Å². The highest BCUT2D eigenvalue weighted by Crippen LogP contribution is 2.58. The van der Waals surface area contributed by atoms with E-state index in [4.69, 9.17) is 0 Å². The Balaban J connectivity index is 1.55. The Bertz CT molecular complexity index is 737. The largest absolute Gasteiger partial charge is 0.303 e. The molecule has 4 rings (SSSR count). The molecular formula is C25H30O. The van der Waals surface area contributed by atoms with Crippen LogP contribution < -0.4 is 0 Å². The smallest absolute Gasteiger partial charge is 0.125 e. The third-order valence-electron chi connectivity index (χ3n) is 7.10. The first-order chi connectivity index (χ1) is 12.6. The molecule has 2 aromatic carbocycles. The predicted octanol–water partition coefficient (Wildman–Crippen LogP) is 5.97. The Morgan fingerprint density at radius 3 is 2.38 bits per heavy atom. The molecule has 2 aliphatic rings. The van der Waals surface area contributed by atoms with Gasteiger partial charge in [-0.05, 0) is 73.3 Å². The number of carbonyl (C=O) groups is 1. The van der Waals surface area contributed by atoms with E-state index < -0.39 is 0 Å². The topological polar surface area (TPSA) is 17.1 Å². The minimum atomic E-state index is -0.163. The second-order valence-corrected chi connectivity index (χ2v) is 9.09. The van der Waals surface area contributed by atoms with Gasteiger partial charge in [0.1, 0.15) is 6.29 Å². The molecule has 0 saturated heterocycles. The van der Waals surface area contributed by atoms with Gasteiger partial charge in [-0.1, -0.05) is 67.6 Å². The normalized spacial score (nSPS) is 33.6. The maximum absolute atomic E-state index is 12.0. The summed E-state index contributed by atoms with van der Waals surface area (Å²) in [6.45, 7) is 2.20. The molecule has 1 heteroatoms. The van der Waals surface area contributed by atoms with Crippen molar-refractivity contribution in [3.63, 3.8) is 0 Å². The van der Waals surface area contributed by atoms with Gasteiger partial charge in [-0.3, -0.25) is 0 Å². The van der Waals surface area contributed by atoms with Gasteiger partial charge in [0.05, 0.1) is 0 Å². The van der Waals surface area contributed by atoms with Crippen LogP contribution >= 0.6 is 0 Å². The van der Waals surface area contributed by atoms with Crippen molar-refractivity contribution in [1.29, 1.82) is 0 Å². The van der Waals surface area contributed by atoms with Crippen LogP contribution in [0.1, 0.15) is 56.6 Å². The highest BCUT2D eigenvalue weighted by atomic mass is 16.1. The number of carbonyl (C=O) groups excluding carboxylic acids is 1. The molecule has 2 fully saturated rings. The molecule has 2 aromatic rings. The number of aldehydes is 1. The van der Waals surface area contributed by atoms with Gasteiger partial charge in [-0.25, -0.2) is 0 Å². The van der Waals surface area contributed by atoms with E-state index >= 15 is 0 Å². The van der Waals surface area contributed by atoms with E-state index in [1.165, 1.54) is 43.1 Å². The minimum Gasteiger partial charge on any atom is -0.303 e. The second-order valence-electron chi connectivity index (χ2n) is 9.09. The summed E-state index contributed by atoms with van der Waals surface area (Å²) >= 11 is 0. The van der Waals surface area contributed by atoms with Gasteiger partial charge in [-0.15, -0.1) is 0 Å². The molecule has 0 aromatic heterocycles. The van der Waals surface area contributed by atoms with Crippen LogP contribution in [-0.2, 0) is 16.6 Å². The molecule has 0 spiro atoms. The molecular weight excluding hydrogens is 316 g/mol. The Kier molecular flexibility index (Phi) is 4.73. The van der Waals surface area contributed by atoms with Crippen molar-refractivity contribution in [2.24, 2.45) is 17.3 Å². The lowest BCUT2D eigenvalue weighted by molar-refractivity contribution is -0.121. The zero-order chi connectivity index (χ0) is 18.0. The van der Waals surface area contributed by atoms with Gasteiger partial charge >= 0.3 is 0 Å². The molecule has 0 amide bonds. The van der Waals surface area contributed by atoms with E-state index in [2.05, 4.69) is 67.6 Å². The van der Waals surface area contributed by atoms with Crippen molar-refractivity contribution < 1.29 is 4.79 Å². The van der Waals surface area contributed by atoms with E-state index in [9.17, 15) is 4.79 Å². The molecule has 0 N–H and O–H groups in total. The Labute approximate surface area is 157 Å². The van der Waals surface area contributed by atoms with Crippen molar-refractivity contribution in [2.75, 3.05) is 0 Å². The molecule has 136 valence electrons. The predicted molar refractivity (Wildman–Crippen MR) is 107 cm³/mol. The first kappa shape index (κ1) is 17.5. The summed E-state index contributed by atoms with van der Waals surface area (Å²) in [5.74, 6) is 1.43. The molecule has 2 bridgehead atoms. The summed E-state index contributed by atoms with van der Waals surface area (Å²) < 4.78 is 0. The maximum atomic E-state index is 12.0. The van der Waals surface area contributed by atoms with Crippen molar-refractivity contribution >= 4 is 6.29 Å². The standard InChI is InChI=1S/C25H30O/c1-24(19-26)16-22-17-25(18-24,23-10-6-3-7-11-23)15-14-21(22)13-12-20-8-4-2-5-9-20/h2-11,19,21-22H,12-18H2,1H3. The van der Waals surface area contributed by atoms with Crippen molar-refractivity contribution in [3.05, 3.63) is 71.8 Å². The molecule has 0 heterocycles. The number of benzene rings is 2. The molecule has 0 aliphatic heterocycles. The summed E-state index contributed by atoms with van der Waals surface area (Å²) in [6.07, 6.45) is 9.58. The van der Waals surface area contributed by atoms with Gasteiger partial charge < -0.3 is 4.79 Å². The van der Waals surface area contributed by atoms with E-state index in [0.29, 0.717) is 5.92 Å². The number of fused-ring (bicyclic) bond motifs is 2. The van der Waals surface area contributed by atoms with Crippen LogP contribution in [-0.4, -0.2) is 6.29 Å². The van der Waals surface area contributed by atoms with Crippen LogP contribution in [0.2, 0.25) is 0 Å². The van der Waals surface area contributed by atoms with Crippen LogP contribution in [0, 0.1) is 17.3 Å². The average molecular weight is 347 g/mol. The molecule has 26 heavy (non-hydrogen) atoms. The SMILES string of the molecule is CC1(C=O)CC2CC(c3ccccc3)(CCC2CCc2ccccc2)C1. The Hall–Kier alpha value is -1.89. The van der Waals surface area contributed by atoms with Gasteiger partial charge in [0.2, 0.25) is 0 Å².